The summed E-state index contributed by atoms with van der Waals surface area (Å²) in [5, 5.41) is 0. The first-order valence-corrected chi connectivity index (χ1v) is 9.83. The summed E-state index contributed by atoms with van der Waals surface area (Å²) >= 11 is 0. The lowest BCUT2D eigenvalue weighted by Gasteiger charge is -2.21. The molecule has 0 spiro atoms. The summed E-state index contributed by atoms with van der Waals surface area (Å²) in [5.41, 5.74) is 9.73. The van der Waals surface area contributed by atoms with Gasteiger partial charge in [-0.2, -0.15) is 0 Å². The molecule has 0 heteroatoms. The van der Waals surface area contributed by atoms with Crippen LogP contribution in [-0.2, 0) is 6.42 Å². The zero-order valence-corrected chi connectivity index (χ0v) is 16.7. The summed E-state index contributed by atoms with van der Waals surface area (Å²) in [5.74, 6) is 1.09. The molecular weight excluding hydrogens is 312 g/mol. The second-order valence-electron chi connectivity index (χ2n) is 7.74. The van der Waals surface area contributed by atoms with Crippen molar-refractivity contribution >= 4 is 0 Å². The van der Waals surface area contributed by atoms with Gasteiger partial charge in [0, 0.05) is 0 Å². The van der Waals surface area contributed by atoms with Crippen molar-refractivity contribution in [1.29, 1.82) is 0 Å². The van der Waals surface area contributed by atoms with Crippen LogP contribution in [0.25, 0.3) is 22.3 Å². The van der Waals surface area contributed by atoms with Gasteiger partial charge in [-0.05, 0) is 57.2 Å². The minimum Gasteiger partial charge on any atom is -0.0622 e. The summed E-state index contributed by atoms with van der Waals surface area (Å²) in [6.45, 7) is 11.5. The Morgan fingerprint density at radius 3 is 1.42 bits per heavy atom. The monoisotopic (exact) mass is 342 g/mol. The highest BCUT2D eigenvalue weighted by Crippen LogP contribution is 2.34. The Balaban J connectivity index is 2.06. The topological polar surface area (TPSA) is 0 Å². The molecular formula is C26H30. The van der Waals surface area contributed by atoms with E-state index in [2.05, 4.69) is 101 Å². The van der Waals surface area contributed by atoms with Crippen LogP contribution in [-0.4, -0.2) is 0 Å². The highest BCUT2D eigenvalue weighted by molar-refractivity contribution is 5.72. The third-order valence-electron chi connectivity index (χ3n) is 5.24. The van der Waals surface area contributed by atoms with E-state index < -0.39 is 0 Å². The third-order valence-corrected chi connectivity index (χ3v) is 5.24. The van der Waals surface area contributed by atoms with Gasteiger partial charge in [0.2, 0.25) is 0 Å². The van der Waals surface area contributed by atoms with Gasteiger partial charge in [0.15, 0.2) is 0 Å². The van der Waals surface area contributed by atoms with Crippen LogP contribution in [0.1, 0.15) is 63.1 Å². The van der Waals surface area contributed by atoms with Crippen molar-refractivity contribution < 1.29 is 0 Å². The number of hydrogen-bond acceptors (Lipinski definition) is 0. The molecule has 0 saturated carbocycles. The number of benzene rings is 3. The first-order chi connectivity index (χ1) is 12.5. The van der Waals surface area contributed by atoms with Gasteiger partial charge in [0.1, 0.15) is 0 Å². The lowest BCUT2D eigenvalue weighted by atomic mass is 9.84. The van der Waals surface area contributed by atoms with Gasteiger partial charge in [-0.15, -0.1) is 0 Å². The normalized spacial score (nSPS) is 11.3. The molecule has 0 N–H and O–H groups in total. The lowest BCUT2D eigenvalue weighted by Crippen LogP contribution is -2.03. The molecule has 0 aromatic heterocycles. The van der Waals surface area contributed by atoms with Crippen LogP contribution in [0.2, 0.25) is 0 Å². The van der Waals surface area contributed by atoms with Crippen molar-refractivity contribution in [2.75, 3.05) is 0 Å². The van der Waals surface area contributed by atoms with E-state index in [1.165, 1.54) is 33.4 Å². The maximum Gasteiger partial charge on any atom is -0.0178 e. The lowest BCUT2D eigenvalue weighted by molar-refractivity contribution is 0.801. The molecule has 0 saturated heterocycles. The van der Waals surface area contributed by atoms with Crippen molar-refractivity contribution in [3.63, 3.8) is 0 Å². The highest BCUT2D eigenvalue weighted by Gasteiger charge is 2.15. The Hall–Kier alpha value is -2.34. The molecule has 0 amide bonds. The second kappa shape index (κ2) is 7.91. The zero-order valence-electron chi connectivity index (χ0n) is 16.7. The molecule has 0 nitrogen and oxygen atoms in total. The predicted molar refractivity (Wildman–Crippen MR) is 115 cm³/mol. The Kier molecular flexibility index (Phi) is 5.61. The Labute approximate surface area is 158 Å². The van der Waals surface area contributed by atoms with Crippen LogP contribution in [0.15, 0.2) is 66.7 Å². The van der Waals surface area contributed by atoms with E-state index >= 15 is 0 Å². The molecule has 0 atom stereocenters. The summed E-state index contributed by atoms with van der Waals surface area (Å²) in [6, 6.07) is 24.4. The van der Waals surface area contributed by atoms with Crippen LogP contribution in [0.3, 0.4) is 0 Å². The molecule has 0 heterocycles. The molecule has 3 aromatic carbocycles. The Bertz CT molecular complexity index is 823. The van der Waals surface area contributed by atoms with E-state index in [0.29, 0.717) is 11.8 Å². The average Bonchev–Trinajstić information content (AvgIpc) is 2.67. The van der Waals surface area contributed by atoms with Gasteiger partial charge in [-0.1, -0.05) is 101 Å². The predicted octanol–water partition coefficient (Wildman–Crippen LogP) is 7.83. The molecule has 26 heavy (non-hydrogen) atoms. The minimum atomic E-state index is 0.547. The summed E-state index contributed by atoms with van der Waals surface area (Å²) < 4.78 is 0. The maximum atomic E-state index is 2.41. The highest BCUT2D eigenvalue weighted by atomic mass is 14.2. The molecule has 134 valence electrons. The number of rotatable bonds is 5. The SMILES string of the molecule is CCc1c(C(C)C)cc(-c2ccc(-c3ccccc3)cc2)cc1C(C)C. The van der Waals surface area contributed by atoms with Crippen molar-refractivity contribution in [3.8, 4) is 22.3 Å². The van der Waals surface area contributed by atoms with E-state index in [0.717, 1.165) is 6.42 Å². The van der Waals surface area contributed by atoms with Gasteiger partial charge in [0.05, 0.1) is 0 Å². The second-order valence-corrected chi connectivity index (χ2v) is 7.74. The van der Waals surface area contributed by atoms with Crippen LogP contribution in [0, 0.1) is 0 Å². The first kappa shape index (κ1) is 18.5. The zero-order chi connectivity index (χ0) is 18.7. The maximum absolute atomic E-state index is 2.41. The fraction of sp³-hybridized carbons (Fsp3) is 0.308. The van der Waals surface area contributed by atoms with Crippen LogP contribution in [0.4, 0.5) is 0 Å². The first-order valence-electron chi connectivity index (χ1n) is 9.83. The van der Waals surface area contributed by atoms with Crippen molar-refractivity contribution in [2.24, 2.45) is 0 Å². The summed E-state index contributed by atoms with van der Waals surface area (Å²) in [4.78, 5) is 0. The molecule has 3 aromatic rings. The fourth-order valence-corrected chi connectivity index (χ4v) is 3.81. The Morgan fingerprint density at radius 1 is 0.577 bits per heavy atom. The van der Waals surface area contributed by atoms with Crippen molar-refractivity contribution in [1.82, 2.24) is 0 Å². The van der Waals surface area contributed by atoms with E-state index in [-0.39, 0.29) is 0 Å². The molecule has 0 fully saturated rings. The van der Waals surface area contributed by atoms with Gasteiger partial charge < -0.3 is 0 Å². The van der Waals surface area contributed by atoms with Crippen molar-refractivity contribution in [2.45, 2.75) is 52.9 Å². The smallest absolute Gasteiger partial charge is 0.0178 e. The summed E-state index contributed by atoms with van der Waals surface area (Å²) in [6.07, 6.45) is 1.11. The van der Waals surface area contributed by atoms with Gasteiger partial charge >= 0.3 is 0 Å². The number of hydrogen-bond donors (Lipinski definition) is 0. The average molecular weight is 343 g/mol. The Morgan fingerprint density at radius 2 is 1.00 bits per heavy atom. The molecule has 3 rings (SSSR count). The molecule has 0 aliphatic heterocycles. The van der Waals surface area contributed by atoms with Crippen molar-refractivity contribution in [3.05, 3.63) is 83.4 Å². The summed E-state index contributed by atoms with van der Waals surface area (Å²) in [7, 11) is 0. The molecule has 0 radical (unpaired) electrons. The van der Waals surface area contributed by atoms with Crippen LogP contribution in [0.5, 0.6) is 0 Å². The largest absolute Gasteiger partial charge is 0.0622 e. The van der Waals surface area contributed by atoms with E-state index in [1.54, 1.807) is 5.56 Å². The van der Waals surface area contributed by atoms with E-state index in [4.69, 9.17) is 0 Å². The minimum absolute atomic E-state index is 0.547. The van der Waals surface area contributed by atoms with Gasteiger partial charge in [0.25, 0.3) is 0 Å². The standard InChI is InChI=1S/C26H30/c1-6-24-25(18(2)3)16-23(17-26(24)19(4)5)22-14-12-21(13-15-22)20-10-8-7-9-11-20/h7-19H,6H2,1-5H3. The fourth-order valence-electron chi connectivity index (χ4n) is 3.81. The third kappa shape index (κ3) is 3.75. The van der Waals surface area contributed by atoms with Gasteiger partial charge in [-0.25, -0.2) is 0 Å². The van der Waals surface area contributed by atoms with E-state index in [1.807, 2.05) is 0 Å². The van der Waals surface area contributed by atoms with E-state index in [9.17, 15) is 0 Å². The quantitative estimate of drug-likeness (QED) is 0.443. The molecule has 0 aliphatic carbocycles. The van der Waals surface area contributed by atoms with Gasteiger partial charge in [-0.3, -0.25) is 0 Å². The molecule has 0 bridgehead atoms. The van der Waals surface area contributed by atoms with Crippen LogP contribution < -0.4 is 0 Å². The molecule has 0 aliphatic rings. The molecule has 0 unspecified atom stereocenters. The van der Waals surface area contributed by atoms with Crippen LogP contribution >= 0.6 is 0 Å².